The van der Waals surface area contributed by atoms with Crippen molar-refractivity contribution in [2.45, 2.75) is 5.92 Å². The van der Waals surface area contributed by atoms with Gasteiger partial charge >= 0.3 is 0 Å². The van der Waals surface area contributed by atoms with E-state index in [4.69, 9.17) is 15.2 Å². The fourth-order valence-electron chi connectivity index (χ4n) is 1.23. The first-order chi connectivity index (χ1) is 8.98. The zero-order chi connectivity index (χ0) is 14.3. The van der Waals surface area contributed by atoms with Gasteiger partial charge in [-0.1, -0.05) is 12.1 Å². The Balaban J connectivity index is 2.42. The van der Waals surface area contributed by atoms with Gasteiger partial charge < -0.3 is 20.5 Å². The van der Waals surface area contributed by atoms with E-state index in [0.717, 1.165) is 0 Å². The summed E-state index contributed by atoms with van der Waals surface area (Å²) in [5.41, 5.74) is 4.85. The second kappa shape index (κ2) is 6.89. The molecule has 0 heterocycles. The molecule has 0 unspecified atom stereocenters. The number of carbonyl (C=O) groups excluding carboxylic acids is 1. The van der Waals surface area contributed by atoms with Crippen molar-refractivity contribution in [3.63, 3.8) is 0 Å². The van der Waals surface area contributed by atoms with Crippen molar-refractivity contribution in [2.75, 3.05) is 26.8 Å². The second-order valence-electron chi connectivity index (χ2n) is 3.78. The Bertz CT molecular complexity index is 427. The van der Waals surface area contributed by atoms with Crippen molar-refractivity contribution in [3.8, 4) is 11.5 Å². The van der Waals surface area contributed by atoms with Crippen molar-refractivity contribution < 1.29 is 23.0 Å². The molecule has 106 valence electrons. The van der Waals surface area contributed by atoms with E-state index in [0.29, 0.717) is 11.5 Å². The summed E-state index contributed by atoms with van der Waals surface area (Å²) < 4.78 is 35.8. The van der Waals surface area contributed by atoms with Crippen LogP contribution in [0.15, 0.2) is 24.3 Å². The fraction of sp³-hybridized carbons (Fsp3) is 0.417. The largest absolute Gasteiger partial charge is 0.493 e. The summed E-state index contributed by atoms with van der Waals surface area (Å²) in [5.74, 6) is -2.94. The van der Waals surface area contributed by atoms with Crippen LogP contribution in [0.2, 0.25) is 0 Å². The molecule has 0 atom stereocenters. The predicted molar refractivity (Wildman–Crippen MR) is 65.5 cm³/mol. The first-order valence-electron chi connectivity index (χ1n) is 5.59. The second-order valence-corrected chi connectivity index (χ2v) is 3.78. The highest BCUT2D eigenvalue weighted by atomic mass is 19.3. The van der Waals surface area contributed by atoms with Gasteiger partial charge in [-0.25, -0.2) is 8.78 Å². The number of methoxy groups -OCH3 is 1. The number of nitrogens with one attached hydrogen (secondary N) is 1. The van der Waals surface area contributed by atoms with Crippen LogP contribution in [0.25, 0.3) is 0 Å². The van der Waals surface area contributed by atoms with Gasteiger partial charge in [0.25, 0.3) is 11.8 Å². The highest BCUT2D eigenvalue weighted by Gasteiger charge is 2.27. The third kappa shape index (κ3) is 5.09. The lowest BCUT2D eigenvalue weighted by atomic mass is 10.3. The number of amides is 1. The lowest BCUT2D eigenvalue weighted by molar-refractivity contribution is -0.124. The van der Waals surface area contributed by atoms with Crippen molar-refractivity contribution in [3.05, 3.63) is 24.3 Å². The quantitative estimate of drug-likeness (QED) is 0.770. The maximum atomic E-state index is 12.8. The zero-order valence-electron chi connectivity index (χ0n) is 10.5. The average Bonchev–Trinajstić information content (AvgIpc) is 2.43. The molecule has 7 heteroatoms. The molecule has 3 N–H and O–H groups in total. The first-order valence-corrected chi connectivity index (χ1v) is 5.59. The van der Waals surface area contributed by atoms with Crippen LogP contribution in [0, 0.1) is 0 Å². The van der Waals surface area contributed by atoms with Crippen LogP contribution in [-0.2, 0) is 4.79 Å². The van der Waals surface area contributed by atoms with Gasteiger partial charge in [-0.3, -0.25) is 4.79 Å². The van der Waals surface area contributed by atoms with Crippen molar-refractivity contribution in [1.29, 1.82) is 0 Å². The molecule has 0 radical (unpaired) electrons. The molecule has 0 bridgehead atoms. The van der Waals surface area contributed by atoms with E-state index < -0.39 is 24.9 Å². The molecule has 0 saturated heterocycles. The molecule has 1 aromatic rings. The van der Waals surface area contributed by atoms with E-state index in [-0.39, 0.29) is 6.61 Å². The van der Waals surface area contributed by atoms with Crippen LogP contribution in [0.4, 0.5) is 8.78 Å². The maximum Gasteiger partial charge on any atom is 0.277 e. The van der Waals surface area contributed by atoms with Crippen LogP contribution in [-0.4, -0.2) is 38.6 Å². The van der Waals surface area contributed by atoms with Crippen LogP contribution >= 0.6 is 0 Å². The summed E-state index contributed by atoms with van der Waals surface area (Å²) in [4.78, 5) is 11.3. The number of hydrogen-bond donors (Lipinski definition) is 2. The SMILES string of the molecule is COc1ccccc1OCC(=O)NCC(F)(F)CN. The highest BCUT2D eigenvalue weighted by Crippen LogP contribution is 2.25. The smallest absolute Gasteiger partial charge is 0.277 e. The van der Waals surface area contributed by atoms with Gasteiger partial charge in [0.05, 0.1) is 20.2 Å². The third-order valence-electron chi connectivity index (χ3n) is 2.27. The Morgan fingerprint density at radius 3 is 2.58 bits per heavy atom. The number of ether oxygens (including phenoxy) is 2. The number of para-hydroxylation sites is 2. The molecule has 1 aromatic carbocycles. The van der Waals surface area contributed by atoms with E-state index in [1.165, 1.54) is 7.11 Å². The molecule has 0 aliphatic heterocycles. The number of nitrogens with two attached hydrogens (primary N) is 1. The molecule has 1 amide bonds. The van der Waals surface area contributed by atoms with Gasteiger partial charge in [-0.15, -0.1) is 0 Å². The van der Waals surface area contributed by atoms with Gasteiger partial charge in [0.1, 0.15) is 0 Å². The highest BCUT2D eigenvalue weighted by molar-refractivity contribution is 5.77. The number of halogens is 2. The molecule has 0 fully saturated rings. The third-order valence-corrected chi connectivity index (χ3v) is 2.27. The van der Waals surface area contributed by atoms with Crippen LogP contribution in [0.1, 0.15) is 0 Å². The van der Waals surface area contributed by atoms with Crippen molar-refractivity contribution in [1.82, 2.24) is 5.32 Å². The van der Waals surface area contributed by atoms with Gasteiger partial charge in [-0.05, 0) is 12.1 Å². The Labute approximate surface area is 109 Å². The standard InChI is InChI=1S/C12H16F2N2O3/c1-18-9-4-2-3-5-10(9)19-6-11(17)16-8-12(13,14)7-15/h2-5H,6-8,15H2,1H3,(H,16,17). The number of rotatable bonds is 7. The molecule has 19 heavy (non-hydrogen) atoms. The van der Waals surface area contributed by atoms with E-state index in [2.05, 4.69) is 0 Å². The van der Waals surface area contributed by atoms with Crippen molar-refractivity contribution in [2.24, 2.45) is 5.73 Å². The average molecular weight is 274 g/mol. The summed E-state index contributed by atoms with van der Waals surface area (Å²) in [6.45, 7) is -2.00. The Hall–Kier alpha value is -1.89. The van der Waals surface area contributed by atoms with Gasteiger partial charge in [-0.2, -0.15) is 0 Å². The van der Waals surface area contributed by atoms with E-state index in [9.17, 15) is 13.6 Å². The van der Waals surface area contributed by atoms with Crippen LogP contribution in [0.3, 0.4) is 0 Å². The minimum absolute atomic E-state index is 0.366. The minimum Gasteiger partial charge on any atom is -0.493 e. The van der Waals surface area contributed by atoms with E-state index in [1.54, 1.807) is 24.3 Å². The first kappa shape index (κ1) is 15.2. The predicted octanol–water partition coefficient (Wildman–Crippen LogP) is 0.784. The number of hydrogen-bond acceptors (Lipinski definition) is 4. The molecule has 0 saturated carbocycles. The summed E-state index contributed by atoms with van der Waals surface area (Å²) in [6, 6.07) is 6.72. The number of carbonyl (C=O) groups is 1. The normalized spacial score (nSPS) is 10.9. The molecule has 1 rings (SSSR count). The maximum absolute atomic E-state index is 12.8. The van der Waals surface area contributed by atoms with Gasteiger partial charge in [0.2, 0.25) is 0 Å². The summed E-state index contributed by atoms with van der Waals surface area (Å²) in [6.07, 6.45) is 0. The molecule has 0 aliphatic rings. The molecule has 0 aromatic heterocycles. The topological polar surface area (TPSA) is 73.6 Å². The lowest BCUT2D eigenvalue weighted by Gasteiger charge is -2.15. The Morgan fingerprint density at radius 2 is 2.00 bits per heavy atom. The fourth-order valence-corrected chi connectivity index (χ4v) is 1.23. The number of alkyl halides is 2. The lowest BCUT2D eigenvalue weighted by Crippen LogP contribution is -2.43. The summed E-state index contributed by atoms with van der Waals surface area (Å²) in [5, 5.41) is 2.05. The minimum atomic E-state index is -3.11. The van der Waals surface area contributed by atoms with E-state index in [1.807, 2.05) is 5.32 Å². The number of benzene rings is 1. The Morgan fingerprint density at radius 1 is 1.37 bits per heavy atom. The summed E-state index contributed by atoms with van der Waals surface area (Å²) in [7, 11) is 1.46. The molecule has 0 spiro atoms. The van der Waals surface area contributed by atoms with Gasteiger partial charge in [0.15, 0.2) is 18.1 Å². The van der Waals surface area contributed by atoms with E-state index >= 15 is 0 Å². The van der Waals surface area contributed by atoms with Gasteiger partial charge in [0, 0.05) is 0 Å². The monoisotopic (exact) mass is 274 g/mol. The molecule has 5 nitrogen and oxygen atoms in total. The summed E-state index contributed by atoms with van der Waals surface area (Å²) >= 11 is 0. The Kier molecular flexibility index (Phi) is 5.50. The van der Waals surface area contributed by atoms with Crippen molar-refractivity contribution >= 4 is 5.91 Å². The molecule has 0 aliphatic carbocycles. The molecular formula is C12H16F2N2O3. The zero-order valence-corrected chi connectivity index (χ0v) is 10.5. The van der Waals surface area contributed by atoms with Crippen LogP contribution in [0.5, 0.6) is 11.5 Å². The van der Waals surface area contributed by atoms with Crippen LogP contribution < -0.4 is 20.5 Å². The molecular weight excluding hydrogens is 258 g/mol.